The number of likely N-dealkylation sites (N-methyl/N-ethyl adjacent to an activating group) is 1. The van der Waals surface area contributed by atoms with Crippen molar-refractivity contribution in [3.8, 4) is 0 Å². The fourth-order valence-corrected chi connectivity index (χ4v) is 2.02. The Kier molecular flexibility index (Phi) is 3.71. The molecular formula is C13H16N4O3. The molecular weight excluding hydrogens is 260 g/mol. The smallest absolute Gasteiger partial charge is 0.322 e. The highest BCUT2D eigenvalue weighted by Crippen LogP contribution is 2.26. The largest absolute Gasteiger partial charge is 0.325 e. The van der Waals surface area contributed by atoms with E-state index in [1.165, 1.54) is 0 Å². The highest BCUT2D eigenvalue weighted by atomic mass is 16.2. The summed E-state index contributed by atoms with van der Waals surface area (Å²) in [4.78, 5) is 34.6. The average Bonchev–Trinajstić information content (AvgIpc) is 2.64. The van der Waals surface area contributed by atoms with Crippen molar-refractivity contribution in [2.45, 2.75) is 12.5 Å². The quantitative estimate of drug-likeness (QED) is 0.577. The van der Waals surface area contributed by atoms with Crippen LogP contribution in [-0.4, -0.2) is 31.4 Å². The summed E-state index contributed by atoms with van der Waals surface area (Å²) in [6, 6.07) is 6.29. The zero-order chi connectivity index (χ0) is 14.8. The molecule has 1 unspecified atom stereocenters. The van der Waals surface area contributed by atoms with Crippen molar-refractivity contribution in [1.29, 1.82) is 0 Å². The molecule has 0 saturated carbocycles. The Labute approximate surface area is 116 Å². The molecule has 1 aromatic carbocycles. The van der Waals surface area contributed by atoms with Crippen LogP contribution in [0.15, 0.2) is 24.3 Å². The van der Waals surface area contributed by atoms with Crippen LogP contribution in [0, 0.1) is 0 Å². The molecule has 7 heteroatoms. The second kappa shape index (κ2) is 5.30. The molecule has 4 N–H and O–H groups in total. The van der Waals surface area contributed by atoms with E-state index in [4.69, 9.17) is 0 Å². The van der Waals surface area contributed by atoms with E-state index < -0.39 is 17.5 Å². The summed E-state index contributed by atoms with van der Waals surface area (Å²) in [6.07, 6.45) is 0. The number of anilines is 1. The molecule has 4 amide bonds. The molecule has 1 heterocycles. The van der Waals surface area contributed by atoms with Crippen LogP contribution in [0.4, 0.5) is 10.5 Å². The minimum Gasteiger partial charge on any atom is -0.325 e. The molecule has 0 spiro atoms. The zero-order valence-electron chi connectivity index (χ0n) is 11.2. The molecule has 20 heavy (non-hydrogen) atoms. The molecule has 1 atom stereocenters. The minimum atomic E-state index is -1.12. The van der Waals surface area contributed by atoms with E-state index in [9.17, 15) is 14.4 Å². The van der Waals surface area contributed by atoms with Crippen molar-refractivity contribution in [2.24, 2.45) is 0 Å². The Balaban J connectivity index is 2.24. The lowest BCUT2D eigenvalue weighted by Crippen LogP contribution is -2.40. The van der Waals surface area contributed by atoms with Gasteiger partial charge in [0, 0.05) is 5.69 Å². The summed E-state index contributed by atoms with van der Waals surface area (Å²) in [5, 5.41) is 10.2. The molecule has 1 aromatic rings. The van der Waals surface area contributed by atoms with E-state index in [-0.39, 0.29) is 12.5 Å². The van der Waals surface area contributed by atoms with Gasteiger partial charge in [-0.05, 0) is 31.7 Å². The first kappa shape index (κ1) is 14.0. The second-order valence-corrected chi connectivity index (χ2v) is 4.69. The topological polar surface area (TPSA) is 99.3 Å². The van der Waals surface area contributed by atoms with Gasteiger partial charge < -0.3 is 16.0 Å². The Bertz CT molecular complexity index is 572. The van der Waals surface area contributed by atoms with Gasteiger partial charge in [0.2, 0.25) is 5.91 Å². The summed E-state index contributed by atoms with van der Waals surface area (Å²) < 4.78 is 0. The highest BCUT2D eigenvalue weighted by Gasteiger charge is 2.43. The number of nitrogens with one attached hydrogen (secondary N) is 4. The normalized spacial score (nSPS) is 21.3. The lowest BCUT2D eigenvalue weighted by atomic mass is 9.92. The van der Waals surface area contributed by atoms with Gasteiger partial charge in [-0.2, -0.15) is 0 Å². The lowest BCUT2D eigenvalue weighted by Gasteiger charge is -2.21. The summed E-state index contributed by atoms with van der Waals surface area (Å²) in [7, 11) is 1.68. The highest BCUT2D eigenvalue weighted by molar-refractivity contribution is 6.07. The van der Waals surface area contributed by atoms with Crippen molar-refractivity contribution in [2.75, 3.05) is 18.9 Å². The number of benzene rings is 1. The molecule has 106 valence electrons. The van der Waals surface area contributed by atoms with Crippen LogP contribution in [-0.2, 0) is 15.1 Å². The molecule has 1 aliphatic heterocycles. The molecule has 1 aliphatic rings. The summed E-state index contributed by atoms with van der Waals surface area (Å²) >= 11 is 0. The Hall–Kier alpha value is -2.41. The van der Waals surface area contributed by atoms with Crippen molar-refractivity contribution >= 4 is 23.5 Å². The Morgan fingerprint density at radius 3 is 2.70 bits per heavy atom. The van der Waals surface area contributed by atoms with E-state index in [0.29, 0.717) is 11.3 Å². The molecule has 1 saturated heterocycles. The van der Waals surface area contributed by atoms with Gasteiger partial charge in [-0.25, -0.2) is 4.79 Å². The SMILES string of the molecule is CNCC(=O)Nc1cccc(C2(C)NC(=O)NC2=O)c1. The molecule has 0 aromatic heterocycles. The fourth-order valence-electron chi connectivity index (χ4n) is 2.02. The van der Waals surface area contributed by atoms with E-state index in [1.807, 2.05) is 0 Å². The third kappa shape index (κ3) is 2.62. The van der Waals surface area contributed by atoms with Crippen LogP contribution in [0.25, 0.3) is 0 Å². The van der Waals surface area contributed by atoms with Crippen LogP contribution < -0.4 is 21.3 Å². The van der Waals surface area contributed by atoms with Gasteiger partial charge in [-0.1, -0.05) is 12.1 Å². The monoisotopic (exact) mass is 276 g/mol. The first-order valence-electron chi connectivity index (χ1n) is 6.14. The van der Waals surface area contributed by atoms with Gasteiger partial charge in [0.1, 0.15) is 5.54 Å². The second-order valence-electron chi connectivity index (χ2n) is 4.69. The number of carbonyl (C=O) groups excluding carboxylic acids is 3. The Morgan fingerprint density at radius 2 is 2.10 bits per heavy atom. The van der Waals surface area contributed by atoms with Crippen LogP contribution in [0.1, 0.15) is 12.5 Å². The van der Waals surface area contributed by atoms with Crippen molar-refractivity contribution < 1.29 is 14.4 Å². The van der Waals surface area contributed by atoms with E-state index >= 15 is 0 Å². The molecule has 1 fully saturated rings. The molecule has 0 radical (unpaired) electrons. The minimum absolute atomic E-state index is 0.185. The number of carbonyl (C=O) groups is 3. The number of urea groups is 1. The van der Waals surface area contributed by atoms with Gasteiger partial charge in [-0.15, -0.1) is 0 Å². The van der Waals surface area contributed by atoms with Gasteiger partial charge >= 0.3 is 6.03 Å². The van der Waals surface area contributed by atoms with Crippen LogP contribution in [0.3, 0.4) is 0 Å². The summed E-state index contributed by atoms with van der Waals surface area (Å²) in [6.45, 7) is 1.81. The average molecular weight is 276 g/mol. The molecule has 7 nitrogen and oxygen atoms in total. The maximum absolute atomic E-state index is 11.9. The predicted octanol–water partition coefficient (Wildman–Crippen LogP) is -0.101. The molecule has 0 bridgehead atoms. The third-order valence-electron chi connectivity index (χ3n) is 3.11. The van der Waals surface area contributed by atoms with Crippen molar-refractivity contribution in [3.05, 3.63) is 29.8 Å². The third-order valence-corrected chi connectivity index (χ3v) is 3.11. The van der Waals surface area contributed by atoms with E-state index in [0.717, 1.165) is 0 Å². The van der Waals surface area contributed by atoms with Crippen LogP contribution >= 0.6 is 0 Å². The van der Waals surface area contributed by atoms with Gasteiger partial charge in [-0.3, -0.25) is 14.9 Å². The van der Waals surface area contributed by atoms with E-state index in [2.05, 4.69) is 21.3 Å². The number of rotatable bonds is 4. The maximum Gasteiger partial charge on any atom is 0.322 e. The maximum atomic E-state index is 11.9. The van der Waals surface area contributed by atoms with Crippen LogP contribution in [0.2, 0.25) is 0 Å². The van der Waals surface area contributed by atoms with E-state index in [1.54, 1.807) is 38.2 Å². The van der Waals surface area contributed by atoms with Crippen LogP contribution in [0.5, 0.6) is 0 Å². The lowest BCUT2D eigenvalue weighted by molar-refractivity contribution is -0.123. The summed E-state index contributed by atoms with van der Waals surface area (Å²) in [5.41, 5.74) is 0.0434. The zero-order valence-corrected chi connectivity index (χ0v) is 11.2. The fraction of sp³-hybridized carbons (Fsp3) is 0.308. The number of imide groups is 1. The number of hydrogen-bond donors (Lipinski definition) is 4. The molecule has 2 rings (SSSR count). The van der Waals surface area contributed by atoms with Gasteiger partial charge in [0.25, 0.3) is 5.91 Å². The van der Waals surface area contributed by atoms with Crippen molar-refractivity contribution in [3.63, 3.8) is 0 Å². The van der Waals surface area contributed by atoms with Gasteiger partial charge in [0.15, 0.2) is 0 Å². The predicted molar refractivity (Wildman–Crippen MR) is 73.0 cm³/mol. The number of amides is 4. The Morgan fingerprint density at radius 1 is 1.35 bits per heavy atom. The molecule has 0 aliphatic carbocycles. The van der Waals surface area contributed by atoms with Crippen molar-refractivity contribution in [1.82, 2.24) is 16.0 Å². The first-order valence-corrected chi connectivity index (χ1v) is 6.14. The first-order chi connectivity index (χ1) is 9.45. The number of hydrogen-bond acceptors (Lipinski definition) is 4. The summed E-state index contributed by atoms with van der Waals surface area (Å²) in [5.74, 6) is -0.601. The van der Waals surface area contributed by atoms with Gasteiger partial charge in [0.05, 0.1) is 6.54 Å². The standard InChI is InChI=1S/C13H16N4O3/c1-13(11(19)16-12(20)17-13)8-4-3-5-9(6-8)15-10(18)7-14-2/h3-6,14H,7H2,1-2H3,(H,15,18)(H2,16,17,19,20).